The van der Waals surface area contributed by atoms with E-state index in [4.69, 9.17) is 4.74 Å². The fourth-order valence-corrected chi connectivity index (χ4v) is 6.56. The Labute approximate surface area is 223 Å². The molecule has 0 aliphatic carbocycles. The Morgan fingerprint density at radius 3 is 2.89 bits per heavy atom. The number of likely N-dealkylation sites (N-methyl/N-ethyl adjacent to an activating group) is 1. The molecule has 0 unspecified atom stereocenters. The average Bonchev–Trinajstić information content (AvgIpc) is 3.65. The maximum Gasteiger partial charge on any atom is 0.245 e. The van der Waals surface area contributed by atoms with Crippen LogP contribution in [-0.4, -0.2) is 78.3 Å². The van der Waals surface area contributed by atoms with Gasteiger partial charge in [-0.2, -0.15) is 10.4 Å². The van der Waals surface area contributed by atoms with E-state index in [2.05, 4.69) is 52.7 Å². The zero-order valence-electron chi connectivity index (χ0n) is 22.2. The lowest BCUT2D eigenvalue weighted by atomic mass is 9.79. The standard InChI is InChI=1S/C30H34N6O2/c1-4-28(37)36-18-30(19-36)9-11-35(17-30)27-13-22(38-16-21-6-5-10-34(21)3)12-23(24(27)14-31)29-20(2)7-8-26-25(29)15-32-33-26/h4,7-8,12-13,15,21H,1,5-6,9-11,16-19H2,2-3H3,(H,32,33)/t21-/m0/s1. The molecule has 3 aromatic rings. The minimum atomic E-state index is -0.00923. The van der Waals surface area contributed by atoms with Crippen LogP contribution in [0.25, 0.3) is 22.0 Å². The molecule has 0 saturated carbocycles. The van der Waals surface area contributed by atoms with Gasteiger partial charge in [-0.1, -0.05) is 12.6 Å². The van der Waals surface area contributed by atoms with Gasteiger partial charge in [0.2, 0.25) is 5.91 Å². The number of anilines is 1. The van der Waals surface area contributed by atoms with Gasteiger partial charge in [0.25, 0.3) is 0 Å². The molecule has 1 N–H and O–H groups in total. The van der Waals surface area contributed by atoms with Crippen molar-refractivity contribution in [3.63, 3.8) is 0 Å². The van der Waals surface area contributed by atoms with E-state index in [0.29, 0.717) is 18.2 Å². The SMILES string of the molecule is C=CC(=O)N1CC2(CCN(c3cc(OC[C@@H]4CCCN4C)cc(-c4c(C)ccc5[nH]ncc45)c3C#N)C2)C1. The monoisotopic (exact) mass is 510 g/mol. The summed E-state index contributed by atoms with van der Waals surface area (Å²) < 4.78 is 6.45. The van der Waals surface area contributed by atoms with E-state index in [1.54, 1.807) is 0 Å². The summed E-state index contributed by atoms with van der Waals surface area (Å²) in [4.78, 5) is 18.6. The first-order valence-corrected chi connectivity index (χ1v) is 13.4. The van der Waals surface area contributed by atoms with Gasteiger partial charge >= 0.3 is 0 Å². The summed E-state index contributed by atoms with van der Waals surface area (Å²) in [6.07, 6.45) is 6.54. The third kappa shape index (κ3) is 4.11. The number of fused-ring (bicyclic) bond motifs is 1. The Bertz CT molecular complexity index is 1450. The van der Waals surface area contributed by atoms with Crippen LogP contribution >= 0.6 is 0 Å². The normalized spacial score (nSPS) is 20.6. The second-order valence-electron chi connectivity index (χ2n) is 11.2. The lowest BCUT2D eigenvalue weighted by Gasteiger charge is -2.47. The van der Waals surface area contributed by atoms with Crippen LogP contribution in [-0.2, 0) is 4.79 Å². The van der Waals surface area contributed by atoms with Crippen LogP contribution in [0.4, 0.5) is 5.69 Å². The summed E-state index contributed by atoms with van der Waals surface area (Å²) >= 11 is 0. The summed E-state index contributed by atoms with van der Waals surface area (Å²) in [6.45, 7) is 10.6. The second-order valence-corrected chi connectivity index (χ2v) is 11.2. The molecule has 3 saturated heterocycles. The van der Waals surface area contributed by atoms with E-state index in [1.807, 2.05) is 29.3 Å². The number of ether oxygens (including phenoxy) is 1. The number of nitriles is 1. The summed E-state index contributed by atoms with van der Waals surface area (Å²) in [6, 6.07) is 11.1. The molecule has 1 spiro atoms. The molecule has 3 aliphatic rings. The van der Waals surface area contributed by atoms with Gasteiger partial charge in [-0.25, -0.2) is 0 Å². The minimum absolute atomic E-state index is 0.00923. The number of aromatic amines is 1. The number of likely N-dealkylation sites (tertiary alicyclic amines) is 2. The summed E-state index contributed by atoms with van der Waals surface area (Å²) in [5, 5.41) is 18.8. The van der Waals surface area contributed by atoms with Gasteiger partial charge in [0, 0.05) is 54.7 Å². The van der Waals surface area contributed by atoms with Crippen LogP contribution in [0.2, 0.25) is 0 Å². The van der Waals surface area contributed by atoms with Crippen molar-refractivity contribution in [1.82, 2.24) is 20.0 Å². The lowest BCUT2D eigenvalue weighted by molar-refractivity contribution is -0.136. The number of amides is 1. The first-order valence-electron chi connectivity index (χ1n) is 13.4. The Hall–Kier alpha value is -3.83. The topological polar surface area (TPSA) is 88.5 Å². The quantitative estimate of drug-likeness (QED) is 0.502. The molecule has 2 aromatic carbocycles. The first kappa shape index (κ1) is 24.5. The highest BCUT2D eigenvalue weighted by molar-refractivity contribution is 5.99. The Kier molecular flexibility index (Phi) is 6.11. The van der Waals surface area contributed by atoms with Crippen molar-refractivity contribution in [3.8, 4) is 22.9 Å². The average molecular weight is 511 g/mol. The molecule has 38 heavy (non-hydrogen) atoms. The molecule has 8 heteroatoms. The van der Waals surface area contributed by atoms with Crippen molar-refractivity contribution >= 4 is 22.5 Å². The number of carbonyl (C=O) groups excluding carboxylic acids is 1. The maximum absolute atomic E-state index is 12.1. The van der Waals surface area contributed by atoms with Crippen molar-refractivity contribution in [1.29, 1.82) is 5.26 Å². The number of hydrogen-bond acceptors (Lipinski definition) is 6. The molecule has 1 amide bonds. The van der Waals surface area contributed by atoms with Crippen molar-refractivity contribution in [2.75, 3.05) is 51.3 Å². The smallest absolute Gasteiger partial charge is 0.245 e. The molecule has 0 radical (unpaired) electrons. The van der Waals surface area contributed by atoms with Crippen molar-refractivity contribution in [3.05, 3.63) is 54.2 Å². The third-order valence-corrected chi connectivity index (χ3v) is 8.74. The number of hydrogen-bond donors (Lipinski definition) is 1. The highest BCUT2D eigenvalue weighted by Crippen LogP contribution is 2.45. The van der Waals surface area contributed by atoms with Gasteiger partial charge in [-0.15, -0.1) is 0 Å². The number of aryl methyl sites for hydroxylation is 1. The second kappa shape index (κ2) is 9.48. The zero-order valence-corrected chi connectivity index (χ0v) is 22.2. The number of H-pyrrole nitrogens is 1. The highest BCUT2D eigenvalue weighted by atomic mass is 16.5. The molecule has 3 aliphatic heterocycles. The Morgan fingerprint density at radius 1 is 1.32 bits per heavy atom. The van der Waals surface area contributed by atoms with Gasteiger partial charge in [0.15, 0.2) is 0 Å². The fourth-order valence-electron chi connectivity index (χ4n) is 6.56. The number of nitrogens with one attached hydrogen (secondary N) is 1. The highest BCUT2D eigenvalue weighted by Gasteiger charge is 2.49. The Morgan fingerprint density at radius 2 is 2.16 bits per heavy atom. The summed E-state index contributed by atoms with van der Waals surface area (Å²) in [7, 11) is 2.16. The summed E-state index contributed by atoms with van der Waals surface area (Å²) in [5.41, 5.74) is 5.55. The molecule has 0 bridgehead atoms. The van der Waals surface area contributed by atoms with Gasteiger partial charge in [-0.05, 0) is 69.1 Å². The van der Waals surface area contributed by atoms with E-state index in [0.717, 1.165) is 84.6 Å². The van der Waals surface area contributed by atoms with E-state index < -0.39 is 0 Å². The number of carbonyl (C=O) groups is 1. The van der Waals surface area contributed by atoms with E-state index >= 15 is 0 Å². The van der Waals surface area contributed by atoms with Crippen LogP contribution in [0.15, 0.2) is 43.1 Å². The van der Waals surface area contributed by atoms with Gasteiger partial charge in [0.05, 0.1) is 23.0 Å². The molecule has 1 aromatic heterocycles. The zero-order chi connectivity index (χ0) is 26.4. The molecular formula is C30H34N6O2. The number of benzene rings is 2. The molecule has 1 atom stereocenters. The summed E-state index contributed by atoms with van der Waals surface area (Å²) in [5.74, 6) is 0.775. The van der Waals surface area contributed by atoms with Crippen LogP contribution in [0.5, 0.6) is 5.75 Å². The first-order chi connectivity index (χ1) is 18.4. The predicted octanol–water partition coefficient (Wildman–Crippen LogP) is 4.11. The maximum atomic E-state index is 12.1. The predicted molar refractivity (Wildman–Crippen MR) is 148 cm³/mol. The number of nitrogens with zero attached hydrogens (tertiary/aromatic N) is 5. The van der Waals surface area contributed by atoms with Crippen molar-refractivity contribution < 1.29 is 9.53 Å². The number of rotatable bonds is 6. The molecule has 8 nitrogen and oxygen atoms in total. The Balaban J connectivity index is 1.39. The van der Waals surface area contributed by atoms with Crippen LogP contribution in [0, 0.1) is 23.7 Å². The van der Waals surface area contributed by atoms with Crippen LogP contribution in [0.3, 0.4) is 0 Å². The molecule has 6 rings (SSSR count). The van der Waals surface area contributed by atoms with E-state index in [-0.39, 0.29) is 11.3 Å². The fraction of sp³-hybridized carbons (Fsp3) is 0.433. The number of aromatic nitrogens is 2. The van der Waals surface area contributed by atoms with Crippen LogP contribution in [0.1, 0.15) is 30.4 Å². The molecule has 3 fully saturated rings. The van der Waals surface area contributed by atoms with E-state index in [1.165, 1.54) is 12.5 Å². The molecule has 4 heterocycles. The third-order valence-electron chi connectivity index (χ3n) is 8.74. The van der Waals surface area contributed by atoms with Crippen LogP contribution < -0.4 is 9.64 Å². The van der Waals surface area contributed by atoms with Gasteiger partial charge in [0.1, 0.15) is 18.4 Å². The minimum Gasteiger partial charge on any atom is -0.492 e. The lowest BCUT2D eigenvalue weighted by Crippen LogP contribution is -2.59. The van der Waals surface area contributed by atoms with Gasteiger partial charge in [-0.3, -0.25) is 9.89 Å². The van der Waals surface area contributed by atoms with Crippen molar-refractivity contribution in [2.24, 2.45) is 5.41 Å². The van der Waals surface area contributed by atoms with E-state index in [9.17, 15) is 10.1 Å². The largest absolute Gasteiger partial charge is 0.492 e. The van der Waals surface area contributed by atoms with Gasteiger partial charge < -0.3 is 19.4 Å². The molecule has 196 valence electrons. The molecular weight excluding hydrogens is 476 g/mol. The van der Waals surface area contributed by atoms with Crippen molar-refractivity contribution in [2.45, 2.75) is 32.2 Å².